The number of hydrogen-bond acceptors (Lipinski definition) is 3. The molecule has 1 aromatic carbocycles. The minimum Gasteiger partial charge on any atom is -0.370 e. The monoisotopic (exact) mass is 291 g/mol. The number of aromatic amines is 1. The van der Waals surface area contributed by atoms with E-state index in [0.717, 1.165) is 35.0 Å². The van der Waals surface area contributed by atoms with Gasteiger partial charge >= 0.3 is 0 Å². The highest BCUT2D eigenvalue weighted by Crippen LogP contribution is 2.43. The van der Waals surface area contributed by atoms with Crippen LogP contribution in [0.1, 0.15) is 30.0 Å². The molecule has 5 N–H and O–H groups in total. The number of carbonyl (C=O) groups is 1. The van der Waals surface area contributed by atoms with Crippen molar-refractivity contribution >= 4 is 34.4 Å². The van der Waals surface area contributed by atoms with E-state index in [1.807, 2.05) is 6.07 Å². The Kier molecular flexibility index (Phi) is 3.10. The number of guanidine groups is 1. The molecule has 1 aliphatic carbocycles. The minimum absolute atomic E-state index is 0.0784. The lowest BCUT2D eigenvalue weighted by Gasteiger charge is -2.07. The van der Waals surface area contributed by atoms with Gasteiger partial charge in [0, 0.05) is 16.3 Å². The van der Waals surface area contributed by atoms with Gasteiger partial charge in [-0.15, -0.1) is 0 Å². The molecule has 1 amide bonds. The zero-order valence-electron chi connectivity index (χ0n) is 10.7. The molecule has 0 saturated heterocycles. The topological polar surface area (TPSA) is 108 Å². The van der Waals surface area contributed by atoms with Crippen molar-refractivity contribution < 1.29 is 4.79 Å². The van der Waals surface area contributed by atoms with E-state index >= 15 is 0 Å². The molecule has 104 valence electrons. The first-order valence-corrected chi connectivity index (χ1v) is 6.73. The standard InChI is InChI=1S/C13H14ClN5O/c14-8-3-4-9-11(12(19-18-9)6-1-2-6)7(8)5-10(20)17-13(15)16/h3-4,6H,1-2,5H2,(H,18,19)(H4,15,16,17,20). The molecule has 0 aliphatic heterocycles. The second-order valence-corrected chi connectivity index (χ2v) is 5.38. The van der Waals surface area contributed by atoms with Crippen LogP contribution in [0.15, 0.2) is 12.1 Å². The van der Waals surface area contributed by atoms with Crippen molar-refractivity contribution in [1.29, 1.82) is 5.41 Å². The summed E-state index contributed by atoms with van der Waals surface area (Å²) in [5.74, 6) is -0.264. The Hall–Kier alpha value is -2.08. The Morgan fingerprint density at radius 1 is 1.55 bits per heavy atom. The SMILES string of the molecule is N=C(N)NC(=O)Cc1c(Cl)ccc2[nH]nc(C3CC3)c12. The number of fused-ring (bicyclic) bond motifs is 1. The first-order valence-electron chi connectivity index (χ1n) is 6.35. The first-order chi connectivity index (χ1) is 9.56. The number of rotatable bonds is 3. The van der Waals surface area contributed by atoms with E-state index in [9.17, 15) is 4.79 Å². The summed E-state index contributed by atoms with van der Waals surface area (Å²) < 4.78 is 0. The molecule has 1 fully saturated rings. The van der Waals surface area contributed by atoms with E-state index in [1.165, 1.54) is 0 Å². The smallest absolute Gasteiger partial charge is 0.231 e. The maximum atomic E-state index is 11.8. The van der Waals surface area contributed by atoms with Crippen LogP contribution in [0.2, 0.25) is 5.02 Å². The van der Waals surface area contributed by atoms with E-state index in [1.54, 1.807) is 6.07 Å². The fourth-order valence-electron chi connectivity index (χ4n) is 2.36. The summed E-state index contributed by atoms with van der Waals surface area (Å²) in [5.41, 5.74) is 7.76. The summed E-state index contributed by atoms with van der Waals surface area (Å²) in [5, 5.41) is 18.2. The molecule has 0 atom stereocenters. The summed E-state index contributed by atoms with van der Waals surface area (Å²) in [6.45, 7) is 0. The number of aromatic nitrogens is 2. The van der Waals surface area contributed by atoms with Crippen LogP contribution in [0.3, 0.4) is 0 Å². The van der Waals surface area contributed by atoms with Crippen molar-refractivity contribution in [2.24, 2.45) is 5.73 Å². The lowest BCUT2D eigenvalue weighted by atomic mass is 10.0. The second kappa shape index (κ2) is 4.79. The maximum absolute atomic E-state index is 11.8. The summed E-state index contributed by atoms with van der Waals surface area (Å²) in [6, 6.07) is 3.61. The molecule has 0 unspecified atom stereocenters. The molecule has 1 saturated carbocycles. The van der Waals surface area contributed by atoms with Crippen LogP contribution in [0, 0.1) is 5.41 Å². The number of H-pyrrole nitrogens is 1. The summed E-state index contributed by atoms with van der Waals surface area (Å²) in [6.07, 6.45) is 2.31. The number of halogens is 1. The number of hydrogen-bond donors (Lipinski definition) is 4. The molecular formula is C13H14ClN5O. The van der Waals surface area contributed by atoms with Crippen molar-refractivity contribution in [3.63, 3.8) is 0 Å². The average molecular weight is 292 g/mol. The highest BCUT2D eigenvalue weighted by molar-refractivity contribution is 6.32. The molecule has 7 heteroatoms. The van der Waals surface area contributed by atoms with Gasteiger partial charge in [-0.25, -0.2) is 0 Å². The van der Waals surface area contributed by atoms with Gasteiger partial charge in [0.05, 0.1) is 17.6 Å². The highest BCUT2D eigenvalue weighted by Gasteiger charge is 2.29. The van der Waals surface area contributed by atoms with E-state index in [0.29, 0.717) is 10.9 Å². The maximum Gasteiger partial charge on any atom is 0.231 e. The molecule has 0 bridgehead atoms. The molecule has 2 aromatic rings. The van der Waals surface area contributed by atoms with Gasteiger partial charge in [-0.05, 0) is 30.5 Å². The predicted octanol–water partition coefficient (Wildman–Crippen LogP) is 1.65. The summed E-state index contributed by atoms with van der Waals surface area (Å²) in [7, 11) is 0. The Balaban J connectivity index is 2.03. The first kappa shape index (κ1) is 12.9. The van der Waals surface area contributed by atoms with Crippen molar-refractivity contribution in [3.05, 3.63) is 28.4 Å². The molecule has 0 radical (unpaired) electrons. The molecule has 1 heterocycles. The third-order valence-electron chi connectivity index (χ3n) is 3.38. The quantitative estimate of drug-likeness (QED) is 0.510. The lowest BCUT2D eigenvalue weighted by molar-refractivity contribution is -0.119. The van der Waals surface area contributed by atoms with Crippen LogP contribution in [0.25, 0.3) is 10.9 Å². The van der Waals surface area contributed by atoms with Crippen molar-refractivity contribution in [3.8, 4) is 0 Å². The fourth-order valence-corrected chi connectivity index (χ4v) is 2.59. The predicted molar refractivity (Wildman–Crippen MR) is 76.8 cm³/mol. The van der Waals surface area contributed by atoms with Gasteiger partial charge in [0.25, 0.3) is 0 Å². The highest BCUT2D eigenvalue weighted by atomic mass is 35.5. The van der Waals surface area contributed by atoms with Crippen LogP contribution in [-0.2, 0) is 11.2 Å². The third kappa shape index (κ3) is 2.34. The number of nitrogens with one attached hydrogen (secondary N) is 3. The van der Waals surface area contributed by atoms with Crippen molar-refractivity contribution in [2.45, 2.75) is 25.2 Å². The van der Waals surface area contributed by atoms with Gasteiger partial charge in [-0.1, -0.05) is 11.6 Å². The molecule has 3 rings (SSSR count). The Bertz CT molecular complexity index is 704. The Morgan fingerprint density at radius 3 is 2.95 bits per heavy atom. The average Bonchev–Trinajstić information content (AvgIpc) is 3.12. The van der Waals surface area contributed by atoms with Crippen LogP contribution in [0.5, 0.6) is 0 Å². The summed E-state index contributed by atoms with van der Waals surface area (Å²) >= 11 is 6.23. The van der Waals surface area contributed by atoms with Gasteiger partial charge in [0.2, 0.25) is 5.91 Å². The van der Waals surface area contributed by atoms with E-state index in [-0.39, 0.29) is 18.3 Å². The Morgan fingerprint density at radius 2 is 2.30 bits per heavy atom. The molecule has 0 spiro atoms. The third-order valence-corrected chi connectivity index (χ3v) is 3.74. The molecule has 6 nitrogen and oxygen atoms in total. The van der Waals surface area contributed by atoms with Gasteiger partial charge in [-0.3, -0.25) is 20.6 Å². The number of nitrogens with zero attached hydrogens (tertiary/aromatic N) is 1. The van der Waals surface area contributed by atoms with Crippen LogP contribution >= 0.6 is 11.6 Å². The number of benzene rings is 1. The van der Waals surface area contributed by atoms with E-state index in [2.05, 4.69) is 15.5 Å². The van der Waals surface area contributed by atoms with Crippen molar-refractivity contribution in [2.75, 3.05) is 0 Å². The number of carbonyl (C=O) groups excluding carboxylic acids is 1. The van der Waals surface area contributed by atoms with Gasteiger partial charge in [-0.2, -0.15) is 5.10 Å². The normalized spacial score (nSPS) is 14.4. The van der Waals surface area contributed by atoms with Gasteiger partial charge in [0.15, 0.2) is 5.96 Å². The number of amides is 1. The molecule has 1 aliphatic rings. The molecular weight excluding hydrogens is 278 g/mol. The zero-order valence-corrected chi connectivity index (χ0v) is 11.4. The van der Waals surface area contributed by atoms with Crippen LogP contribution < -0.4 is 11.1 Å². The van der Waals surface area contributed by atoms with E-state index < -0.39 is 0 Å². The molecule has 1 aromatic heterocycles. The van der Waals surface area contributed by atoms with Crippen LogP contribution in [-0.4, -0.2) is 22.1 Å². The second-order valence-electron chi connectivity index (χ2n) is 4.97. The van der Waals surface area contributed by atoms with Gasteiger partial charge in [0.1, 0.15) is 0 Å². The van der Waals surface area contributed by atoms with Crippen molar-refractivity contribution in [1.82, 2.24) is 15.5 Å². The van der Waals surface area contributed by atoms with Gasteiger partial charge < -0.3 is 5.73 Å². The number of nitrogens with two attached hydrogens (primary N) is 1. The molecule has 20 heavy (non-hydrogen) atoms. The summed E-state index contributed by atoms with van der Waals surface area (Å²) in [4.78, 5) is 11.8. The Labute approximate surface area is 120 Å². The fraction of sp³-hybridized carbons (Fsp3) is 0.308. The zero-order chi connectivity index (χ0) is 14.3. The van der Waals surface area contributed by atoms with Crippen LogP contribution in [0.4, 0.5) is 0 Å². The largest absolute Gasteiger partial charge is 0.370 e. The van der Waals surface area contributed by atoms with E-state index in [4.69, 9.17) is 22.7 Å². The minimum atomic E-state index is -0.368. The lowest BCUT2D eigenvalue weighted by Crippen LogP contribution is -2.36.